The van der Waals surface area contributed by atoms with E-state index in [1.807, 2.05) is 6.07 Å². The van der Waals surface area contributed by atoms with Crippen LogP contribution in [0.15, 0.2) is 18.2 Å². The number of carbonyl (C=O) groups is 1. The van der Waals surface area contributed by atoms with Crippen LogP contribution in [0.1, 0.15) is 70.3 Å². The van der Waals surface area contributed by atoms with Crippen LogP contribution in [0.3, 0.4) is 0 Å². The average molecular weight is 381 g/mol. The van der Waals surface area contributed by atoms with Crippen molar-refractivity contribution in [1.29, 1.82) is 0 Å². The maximum absolute atomic E-state index is 12.4. The highest BCUT2D eigenvalue weighted by Gasteiger charge is 2.33. The van der Waals surface area contributed by atoms with Crippen LogP contribution >= 0.6 is 11.6 Å². The van der Waals surface area contributed by atoms with E-state index in [0.29, 0.717) is 35.1 Å². The highest BCUT2D eigenvalue weighted by Crippen LogP contribution is 2.37. The topological polar surface area (TPSA) is 55.8 Å². The highest BCUT2D eigenvalue weighted by molar-refractivity contribution is 6.32. The second-order valence-corrected chi connectivity index (χ2v) is 8.30. The summed E-state index contributed by atoms with van der Waals surface area (Å²) in [4.78, 5) is 12.4. The molecule has 5 heteroatoms. The summed E-state index contributed by atoms with van der Waals surface area (Å²) in [6.45, 7) is 2.20. The first-order chi connectivity index (χ1) is 12.5. The first kappa shape index (κ1) is 19.5. The molecule has 2 aliphatic rings. The third kappa shape index (κ3) is 5.14. The number of ether oxygens (including phenoxy) is 2. The quantitative estimate of drug-likeness (QED) is 0.574. The number of halogens is 1. The van der Waals surface area contributed by atoms with Gasteiger partial charge in [-0.15, -0.1) is 0 Å². The lowest BCUT2D eigenvalue weighted by atomic mass is 9.89. The Kier molecular flexibility index (Phi) is 6.46. The van der Waals surface area contributed by atoms with Crippen molar-refractivity contribution >= 4 is 17.6 Å². The monoisotopic (exact) mass is 380 g/mol. The van der Waals surface area contributed by atoms with Crippen LogP contribution in [-0.4, -0.2) is 23.0 Å². The van der Waals surface area contributed by atoms with Crippen LogP contribution in [0.5, 0.6) is 5.75 Å². The van der Waals surface area contributed by atoms with Gasteiger partial charge in [0.05, 0.1) is 11.4 Å². The molecule has 3 rings (SSSR count). The molecular weight excluding hydrogens is 352 g/mol. The fourth-order valence-corrected chi connectivity index (χ4v) is 4.30. The number of benzene rings is 1. The predicted octanol–water partition coefficient (Wildman–Crippen LogP) is 5.04. The standard InChI is InChI=1S/C21H29ClO4/c1-15-7-5-9-17(13-15)25-19(23)14-16-8-6-10-18(22)20(16)26-21(24)11-3-2-4-12-21/h6,8,10,15,17,24H,2-5,7,9,11-14H2,1H3. The molecule has 2 aliphatic carbocycles. The molecule has 144 valence electrons. The molecule has 0 saturated heterocycles. The summed E-state index contributed by atoms with van der Waals surface area (Å²) in [5.41, 5.74) is 0.672. The van der Waals surface area contributed by atoms with E-state index >= 15 is 0 Å². The van der Waals surface area contributed by atoms with Crippen molar-refractivity contribution in [3.05, 3.63) is 28.8 Å². The lowest BCUT2D eigenvalue weighted by molar-refractivity contribution is -0.160. The number of para-hydroxylation sites is 1. The van der Waals surface area contributed by atoms with Crippen molar-refractivity contribution in [1.82, 2.24) is 0 Å². The summed E-state index contributed by atoms with van der Waals surface area (Å²) < 4.78 is 11.6. The Balaban J connectivity index is 1.67. The van der Waals surface area contributed by atoms with Gasteiger partial charge in [-0.2, -0.15) is 0 Å². The number of esters is 1. The Hall–Kier alpha value is -1.26. The highest BCUT2D eigenvalue weighted by atomic mass is 35.5. The maximum Gasteiger partial charge on any atom is 0.310 e. The number of rotatable bonds is 5. The Morgan fingerprint density at radius 1 is 1.23 bits per heavy atom. The summed E-state index contributed by atoms with van der Waals surface area (Å²) in [5, 5.41) is 11.1. The zero-order valence-electron chi connectivity index (χ0n) is 15.5. The van der Waals surface area contributed by atoms with Crippen LogP contribution in [-0.2, 0) is 16.0 Å². The van der Waals surface area contributed by atoms with Gasteiger partial charge >= 0.3 is 5.97 Å². The second kappa shape index (κ2) is 8.62. The average Bonchev–Trinajstić information content (AvgIpc) is 2.58. The van der Waals surface area contributed by atoms with Gasteiger partial charge in [-0.1, -0.05) is 43.5 Å². The van der Waals surface area contributed by atoms with Gasteiger partial charge in [0.1, 0.15) is 11.9 Å². The van der Waals surface area contributed by atoms with Crippen LogP contribution in [0, 0.1) is 5.92 Å². The largest absolute Gasteiger partial charge is 0.462 e. The van der Waals surface area contributed by atoms with Gasteiger partial charge in [-0.05, 0) is 44.1 Å². The van der Waals surface area contributed by atoms with Gasteiger partial charge in [-0.25, -0.2) is 0 Å². The van der Waals surface area contributed by atoms with Crippen LogP contribution < -0.4 is 4.74 Å². The van der Waals surface area contributed by atoms with Gasteiger partial charge in [0, 0.05) is 18.4 Å². The molecule has 2 atom stereocenters. The first-order valence-electron chi connectivity index (χ1n) is 9.83. The van der Waals surface area contributed by atoms with E-state index in [4.69, 9.17) is 21.1 Å². The maximum atomic E-state index is 12.4. The molecular formula is C21H29ClO4. The van der Waals surface area contributed by atoms with Gasteiger partial charge < -0.3 is 14.6 Å². The molecule has 1 aromatic carbocycles. The molecule has 0 radical (unpaired) electrons. The molecule has 2 saturated carbocycles. The summed E-state index contributed by atoms with van der Waals surface area (Å²) in [5.74, 6) is -0.438. The number of hydrogen-bond donors (Lipinski definition) is 1. The normalized spacial score (nSPS) is 25.5. The van der Waals surface area contributed by atoms with E-state index in [1.165, 1.54) is 6.42 Å². The molecule has 1 aromatic rings. The summed E-state index contributed by atoms with van der Waals surface area (Å²) in [6.07, 6.45) is 8.44. The third-order valence-electron chi connectivity index (χ3n) is 5.50. The molecule has 0 amide bonds. The lowest BCUT2D eigenvalue weighted by Gasteiger charge is -2.33. The Bertz CT molecular complexity index is 624. The number of carbonyl (C=O) groups excluding carboxylic acids is 1. The summed E-state index contributed by atoms with van der Waals surface area (Å²) in [6, 6.07) is 5.34. The van der Waals surface area contributed by atoms with Gasteiger partial charge in [-0.3, -0.25) is 4.79 Å². The summed E-state index contributed by atoms with van der Waals surface area (Å²) in [7, 11) is 0. The van der Waals surface area contributed by atoms with Crippen LogP contribution in [0.25, 0.3) is 0 Å². The molecule has 4 nitrogen and oxygen atoms in total. The lowest BCUT2D eigenvalue weighted by Crippen LogP contribution is -2.38. The second-order valence-electron chi connectivity index (χ2n) is 7.90. The SMILES string of the molecule is CC1CCCC(OC(=O)Cc2cccc(Cl)c2OC2(O)CCCCC2)C1. The molecule has 0 aromatic heterocycles. The van der Waals surface area contributed by atoms with Crippen LogP contribution in [0.2, 0.25) is 5.02 Å². The van der Waals surface area contributed by atoms with Crippen molar-refractivity contribution in [2.75, 3.05) is 0 Å². The Morgan fingerprint density at radius 3 is 2.73 bits per heavy atom. The van der Waals surface area contributed by atoms with Gasteiger partial charge in [0.15, 0.2) is 0 Å². The van der Waals surface area contributed by atoms with E-state index < -0.39 is 5.79 Å². The first-order valence-corrected chi connectivity index (χ1v) is 10.2. The number of hydrogen-bond acceptors (Lipinski definition) is 4. The van der Waals surface area contributed by atoms with E-state index in [-0.39, 0.29) is 18.5 Å². The van der Waals surface area contributed by atoms with E-state index in [0.717, 1.165) is 38.5 Å². The molecule has 0 aliphatic heterocycles. The molecule has 0 heterocycles. The fraction of sp³-hybridized carbons (Fsp3) is 0.667. The van der Waals surface area contributed by atoms with Crippen molar-refractivity contribution in [2.45, 2.75) is 83.0 Å². The molecule has 1 N–H and O–H groups in total. The van der Waals surface area contributed by atoms with Crippen molar-refractivity contribution in [2.24, 2.45) is 5.92 Å². The minimum absolute atomic E-state index is 0.0114. The minimum Gasteiger partial charge on any atom is -0.462 e. The van der Waals surface area contributed by atoms with E-state index in [9.17, 15) is 9.90 Å². The molecule has 0 bridgehead atoms. The smallest absolute Gasteiger partial charge is 0.310 e. The molecule has 0 spiro atoms. The molecule has 2 unspecified atom stereocenters. The molecule has 2 fully saturated rings. The van der Waals surface area contributed by atoms with Gasteiger partial charge in [0.25, 0.3) is 0 Å². The van der Waals surface area contributed by atoms with E-state index in [1.54, 1.807) is 12.1 Å². The van der Waals surface area contributed by atoms with Crippen molar-refractivity contribution in [3.63, 3.8) is 0 Å². The zero-order chi connectivity index (χ0) is 18.6. The Labute approximate surface area is 160 Å². The summed E-state index contributed by atoms with van der Waals surface area (Å²) >= 11 is 6.32. The molecule has 26 heavy (non-hydrogen) atoms. The third-order valence-corrected chi connectivity index (χ3v) is 5.79. The zero-order valence-corrected chi connectivity index (χ0v) is 16.3. The van der Waals surface area contributed by atoms with Gasteiger partial charge in [0.2, 0.25) is 5.79 Å². The minimum atomic E-state index is -1.19. The van der Waals surface area contributed by atoms with E-state index in [2.05, 4.69) is 6.92 Å². The predicted molar refractivity (Wildman–Crippen MR) is 101 cm³/mol. The fourth-order valence-electron chi connectivity index (χ4n) is 4.07. The number of aliphatic hydroxyl groups is 1. The van der Waals surface area contributed by atoms with Crippen molar-refractivity contribution in [3.8, 4) is 5.75 Å². The van der Waals surface area contributed by atoms with Crippen molar-refractivity contribution < 1.29 is 19.4 Å². The Morgan fingerprint density at radius 2 is 2.00 bits per heavy atom. The van der Waals surface area contributed by atoms with Crippen LogP contribution in [0.4, 0.5) is 0 Å².